The van der Waals surface area contributed by atoms with Crippen LogP contribution >= 0.6 is 0 Å². The third-order valence-corrected chi connectivity index (χ3v) is 8.00. The Balaban J connectivity index is 1.51. The number of anilines is 2. The molecular formula is C29H33F7N4O4. The van der Waals surface area contributed by atoms with Crippen molar-refractivity contribution in [3.8, 4) is 5.75 Å². The molecule has 1 aliphatic heterocycles. The first-order valence-corrected chi connectivity index (χ1v) is 13.7. The van der Waals surface area contributed by atoms with Gasteiger partial charge in [-0.15, -0.1) is 0 Å². The Hall–Kier alpha value is -3.59. The van der Waals surface area contributed by atoms with E-state index in [0.29, 0.717) is 31.9 Å². The maximum absolute atomic E-state index is 14.1. The first kappa shape index (κ1) is 33.3. The Labute approximate surface area is 249 Å². The highest BCUT2D eigenvalue weighted by Gasteiger charge is 2.56. The van der Waals surface area contributed by atoms with Gasteiger partial charge in [-0.2, -0.15) is 26.3 Å². The molecule has 1 aliphatic carbocycles. The molecule has 2 fully saturated rings. The van der Waals surface area contributed by atoms with Gasteiger partial charge in [0.2, 0.25) is 6.41 Å². The van der Waals surface area contributed by atoms with Crippen LogP contribution in [0.2, 0.25) is 0 Å². The molecule has 0 unspecified atom stereocenters. The van der Waals surface area contributed by atoms with Crippen molar-refractivity contribution in [1.29, 1.82) is 0 Å². The molecule has 1 saturated carbocycles. The van der Waals surface area contributed by atoms with Crippen LogP contribution in [-0.4, -0.2) is 86.4 Å². The SMILES string of the molecule is CN(CCN(C=O)CCN1CC2(C1)CC(C)(O)C2)c1cc(C(F)(F)F)cc(C(F)(F)F)c1OC(=O)N(C)c1ccc(F)cc1. The highest BCUT2D eigenvalue weighted by atomic mass is 19.4. The molecule has 1 saturated heterocycles. The number of alkyl halides is 6. The molecule has 2 aliphatic rings. The summed E-state index contributed by atoms with van der Waals surface area (Å²) in [5.41, 5.74) is -4.61. The maximum Gasteiger partial charge on any atom is 0.420 e. The minimum Gasteiger partial charge on any atom is -0.407 e. The second-order valence-electron chi connectivity index (χ2n) is 11.9. The van der Waals surface area contributed by atoms with E-state index in [4.69, 9.17) is 4.74 Å². The van der Waals surface area contributed by atoms with Gasteiger partial charge in [-0.25, -0.2) is 9.18 Å². The molecule has 2 aromatic rings. The number of likely N-dealkylation sites (N-methyl/N-ethyl adjacent to an activating group) is 1. The van der Waals surface area contributed by atoms with Gasteiger partial charge in [0.25, 0.3) is 0 Å². The lowest BCUT2D eigenvalue weighted by Gasteiger charge is -2.62. The average molecular weight is 635 g/mol. The van der Waals surface area contributed by atoms with Gasteiger partial charge in [0.15, 0.2) is 5.75 Å². The summed E-state index contributed by atoms with van der Waals surface area (Å²) in [7, 11) is 2.37. The molecule has 0 radical (unpaired) electrons. The van der Waals surface area contributed by atoms with E-state index in [0.717, 1.165) is 42.1 Å². The summed E-state index contributed by atoms with van der Waals surface area (Å²) >= 11 is 0. The number of rotatable bonds is 10. The number of nitrogens with zero attached hydrogens (tertiary/aromatic N) is 4. The molecule has 1 heterocycles. The van der Waals surface area contributed by atoms with Crippen LogP contribution in [0.4, 0.5) is 46.9 Å². The van der Waals surface area contributed by atoms with Gasteiger partial charge in [-0.1, -0.05) is 0 Å². The minimum atomic E-state index is -5.34. The lowest BCUT2D eigenvalue weighted by Crippen LogP contribution is -2.67. The molecule has 4 rings (SSSR count). The lowest BCUT2D eigenvalue weighted by atomic mass is 9.56. The number of halogens is 7. The van der Waals surface area contributed by atoms with Crippen LogP contribution in [0.25, 0.3) is 0 Å². The van der Waals surface area contributed by atoms with Gasteiger partial charge >= 0.3 is 18.4 Å². The summed E-state index contributed by atoms with van der Waals surface area (Å²) in [6.07, 6.45) is -9.90. The monoisotopic (exact) mass is 634 g/mol. The topological polar surface area (TPSA) is 76.6 Å². The molecule has 2 aromatic carbocycles. The summed E-state index contributed by atoms with van der Waals surface area (Å²) in [6.45, 7) is 3.85. The summed E-state index contributed by atoms with van der Waals surface area (Å²) < 4.78 is 102. The van der Waals surface area contributed by atoms with Crippen molar-refractivity contribution >= 4 is 23.9 Å². The zero-order valence-corrected chi connectivity index (χ0v) is 24.3. The number of amides is 2. The molecule has 1 N–H and O–H groups in total. The molecule has 0 atom stereocenters. The third-order valence-electron chi connectivity index (χ3n) is 8.00. The number of carbonyl (C=O) groups excluding carboxylic acids is 2. The normalized spacial score (nSPS) is 17.4. The number of aliphatic hydroxyl groups is 1. The standard InChI is InChI=1S/C29H33F7N4O4/c1-26(43)14-27(15-26)16-40(17-27)11-10-39(18-41)9-8-37(2)23-13-19(28(31,32)33)12-22(29(34,35)36)24(23)44-25(42)38(3)21-6-4-20(30)5-7-21/h4-7,12-13,18,43H,8-11,14-17H2,1-3H3. The van der Waals surface area contributed by atoms with Gasteiger partial charge in [0.1, 0.15) is 11.4 Å². The molecule has 0 bridgehead atoms. The summed E-state index contributed by atoms with van der Waals surface area (Å²) in [5, 5.41) is 10.0. The van der Waals surface area contributed by atoms with Crippen molar-refractivity contribution in [3.63, 3.8) is 0 Å². The third kappa shape index (κ3) is 7.54. The minimum absolute atomic E-state index is 0.0475. The zero-order chi connectivity index (χ0) is 32.7. The molecule has 0 aromatic heterocycles. The van der Waals surface area contributed by atoms with E-state index in [1.807, 2.05) is 0 Å². The number of carbonyl (C=O) groups is 2. The quantitative estimate of drug-likeness (QED) is 0.285. The lowest BCUT2D eigenvalue weighted by molar-refractivity contribution is -0.180. The maximum atomic E-state index is 14.1. The molecule has 242 valence electrons. The fourth-order valence-corrected chi connectivity index (χ4v) is 6.04. The van der Waals surface area contributed by atoms with Crippen LogP contribution in [0.5, 0.6) is 5.75 Å². The number of hydrogen-bond donors (Lipinski definition) is 1. The Morgan fingerprint density at radius 1 is 1.00 bits per heavy atom. The van der Waals surface area contributed by atoms with Crippen molar-refractivity contribution in [2.45, 2.75) is 37.7 Å². The van der Waals surface area contributed by atoms with E-state index in [1.165, 1.54) is 24.1 Å². The average Bonchev–Trinajstić information content (AvgIpc) is 2.89. The van der Waals surface area contributed by atoms with Crippen molar-refractivity contribution in [2.24, 2.45) is 5.41 Å². The molecule has 8 nitrogen and oxygen atoms in total. The van der Waals surface area contributed by atoms with E-state index in [1.54, 1.807) is 6.92 Å². The number of likely N-dealkylation sites (tertiary alicyclic amines) is 1. The summed E-state index contributed by atoms with van der Waals surface area (Å²) in [5.74, 6) is -1.78. The van der Waals surface area contributed by atoms with Crippen molar-refractivity contribution in [2.75, 3.05) is 63.2 Å². The van der Waals surface area contributed by atoms with Crippen LogP contribution in [0.3, 0.4) is 0 Å². The summed E-state index contributed by atoms with van der Waals surface area (Å²) in [6, 6.07) is 4.68. The molecule has 1 spiro atoms. The van der Waals surface area contributed by atoms with Crippen LogP contribution in [0.1, 0.15) is 30.9 Å². The van der Waals surface area contributed by atoms with E-state index >= 15 is 0 Å². The second-order valence-corrected chi connectivity index (χ2v) is 11.9. The molecule has 2 amide bonds. The second kappa shape index (κ2) is 12.1. The van der Waals surface area contributed by atoms with Crippen LogP contribution in [-0.2, 0) is 17.1 Å². The highest BCUT2D eigenvalue weighted by Crippen LogP contribution is 2.53. The van der Waals surface area contributed by atoms with Crippen molar-refractivity contribution in [3.05, 3.63) is 53.3 Å². The first-order valence-electron chi connectivity index (χ1n) is 13.7. The van der Waals surface area contributed by atoms with E-state index in [2.05, 4.69) is 4.90 Å². The Kier molecular flexibility index (Phi) is 9.14. The van der Waals surface area contributed by atoms with Gasteiger partial charge in [-0.05, 0) is 56.2 Å². The molecule has 15 heteroatoms. The largest absolute Gasteiger partial charge is 0.420 e. The van der Waals surface area contributed by atoms with Crippen molar-refractivity contribution < 1.29 is 50.2 Å². The Bertz CT molecular complexity index is 1350. The van der Waals surface area contributed by atoms with E-state index < -0.39 is 52.4 Å². The van der Waals surface area contributed by atoms with Gasteiger partial charge in [0.05, 0.1) is 16.9 Å². The van der Waals surface area contributed by atoms with Crippen LogP contribution in [0, 0.1) is 11.2 Å². The predicted octanol–water partition coefficient (Wildman–Crippen LogP) is 5.24. The molecule has 44 heavy (non-hydrogen) atoms. The Morgan fingerprint density at radius 2 is 1.61 bits per heavy atom. The number of hydrogen-bond acceptors (Lipinski definition) is 6. The fraction of sp³-hybridized carbons (Fsp3) is 0.517. The van der Waals surface area contributed by atoms with Crippen molar-refractivity contribution in [1.82, 2.24) is 9.80 Å². The number of benzene rings is 2. The zero-order valence-electron chi connectivity index (χ0n) is 24.3. The van der Waals surface area contributed by atoms with Gasteiger partial charge in [0, 0.05) is 64.5 Å². The van der Waals surface area contributed by atoms with E-state index in [9.17, 15) is 45.4 Å². The Morgan fingerprint density at radius 3 is 2.14 bits per heavy atom. The van der Waals surface area contributed by atoms with Crippen LogP contribution < -0.4 is 14.5 Å². The number of ether oxygens (including phenoxy) is 1. The summed E-state index contributed by atoms with van der Waals surface area (Å²) in [4.78, 5) is 29.9. The first-order chi connectivity index (χ1) is 20.3. The highest BCUT2D eigenvalue weighted by molar-refractivity contribution is 5.89. The van der Waals surface area contributed by atoms with Gasteiger partial charge in [-0.3, -0.25) is 9.69 Å². The van der Waals surface area contributed by atoms with E-state index in [-0.39, 0.29) is 36.8 Å². The van der Waals surface area contributed by atoms with Gasteiger partial charge < -0.3 is 24.5 Å². The molecular weight excluding hydrogens is 601 g/mol. The smallest absolute Gasteiger partial charge is 0.407 e. The van der Waals surface area contributed by atoms with Crippen LogP contribution in [0.15, 0.2) is 36.4 Å². The fourth-order valence-electron chi connectivity index (χ4n) is 6.04. The predicted molar refractivity (Wildman–Crippen MR) is 147 cm³/mol.